The smallest absolute Gasteiger partial charge is 0.246 e. The van der Waals surface area contributed by atoms with E-state index >= 15 is 0 Å². The van der Waals surface area contributed by atoms with Crippen LogP contribution in [-0.2, 0) is 4.79 Å². The topological polar surface area (TPSA) is 41.1 Å². The molecule has 4 heteroatoms. The van der Waals surface area contributed by atoms with Crippen LogP contribution >= 0.6 is 0 Å². The van der Waals surface area contributed by atoms with Gasteiger partial charge in [0.15, 0.2) is 0 Å². The minimum Gasteiger partial charge on any atom is -0.324 e. The van der Waals surface area contributed by atoms with Crippen LogP contribution in [0.3, 0.4) is 0 Å². The molecular formula is C16H17FN2O. The lowest BCUT2D eigenvalue weighted by Crippen LogP contribution is -2.32. The lowest BCUT2D eigenvalue weighted by molar-refractivity contribution is -0.118. The van der Waals surface area contributed by atoms with Crippen LogP contribution in [-0.4, -0.2) is 12.5 Å². The number of nitrogens with one attached hydrogen (secondary N) is 2. The molecule has 0 aliphatic carbocycles. The van der Waals surface area contributed by atoms with Crippen LogP contribution in [0.15, 0.2) is 54.6 Å². The summed E-state index contributed by atoms with van der Waals surface area (Å²) < 4.78 is 12.8. The summed E-state index contributed by atoms with van der Waals surface area (Å²) in [5.74, 6) is -0.487. The van der Waals surface area contributed by atoms with Gasteiger partial charge in [-0.2, -0.15) is 0 Å². The summed E-state index contributed by atoms with van der Waals surface area (Å²) in [5, 5.41) is 5.93. The van der Waals surface area contributed by atoms with E-state index in [1.165, 1.54) is 12.1 Å². The van der Waals surface area contributed by atoms with Crippen LogP contribution in [0.5, 0.6) is 0 Å². The molecule has 2 aromatic rings. The van der Waals surface area contributed by atoms with Crippen molar-refractivity contribution in [2.75, 3.05) is 11.9 Å². The summed E-state index contributed by atoms with van der Waals surface area (Å²) in [7, 11) is 0. The van der Waals surface area contributed by atoms with Crippen molar-refractivity contribution >= 4 is 11.6 Å². The third-order valence-corrected chi connectivity index (χ3v) is 2.92. The molecule has 0 bridgehead atoms. The highest BCUT2D eigenvalue weighted by atomic mass is 19.1. The second-order valence-corrected chi connectivity index (χ2v) is 4.40. The van der Waals surface area contributed by atoms with E-state index in [9.17, 15) is 9.18 Å². The van der Waals surface area contributed by atoms with Gasteiger partial charge >= 0.3 is 0 Å². The van der Waals surface area contributed by atoms with E-state index in [0.29, 0.717) is 12.2 Å². The van der Waals surface area contributed by atoms with Crippen LogP contribution < -0.4 is 10.6 Å². The van der Waals surface area contributed by atoms with Crippen molar-refractivity contribution in [2.24, 2.45) is 0 Å². The zero-order valence-electron chi connectivity index (χ0n) is 11.3. The predicted octanol–water partition coefficient (Wildman–Crippen LogP) is 3.12. The molecule has 1 amide bonds. The summed E-state index contributed by atoms with van der Waals surface area (Å²) >= 11 is 0. The minimum absolute atomic E-state index is 0.162. The Hall–Kier alpha value is -2.20. The summed E-state index contributed by atoms with van der Waals surface area (Å²) in [6.45, 7) is 2.62. The fourth-order valence-corrected chi connectivity index (χ4v) is 1.96. The van der Waals surface area contributed by atoms with Crippen LogP contribution in [0, 0.1) is 5.82 Å². The Morgan fingerprint density at radius 1 is 1.10 bits per heavy atom. The molecule has 1 atom stereocenters. The first-order valence-electron chi connectivity index (χ1n) is 6.55. The summed E-state index contributed by atoms with van der Waals surface area (Å²) in [5.41, 5.74) is 1.48. The van der Waals surface area contributed by atoms with Crippen molar-refractivity contribution in [1.29, 1.82) is 0 Å². The van der Waals surface area contributed by atoms with E-state index in [-0.39, 0.29) is 11.7 Å². The second-order valence-electron chi connectivity index (χ2n) is 4.40. The minimum atomic E-state index is -0.425. The number of benzene rings is 2. The largest absolute Gasteiger partial charge is 0.324 e. The Morgan fingerprint density at radius 2 is 1.75 bits per heavy atom. The van der Waals surface area contributed by atoms with Crippen molar-refractivity contribution in [3.05, 3.63) is 66.0 Å². The number of hydrogen-bond donors (Lipinski definition) is 2. The molecule has 0 saturated heterocycles. The van der Waals surface area contributed by atoms with Crippen LogP contribution in [0.4, 0.5) is 10.1 Å². The van der Waals surface area contributed by atoms with E-state index in [4.69, 9.17) is 0 Å². The quantitative estimate of drug-likeness (QED) is 0.878. The maximum Gasteiger partial charge on any atom is 0.246 e. The van der Waals surface area contributed by atoms with E-state index in [2.05, 4.69) is 10.6 Å². The second kappa shape index (κ2) is 6.82. The van der Waals surface area contributed by atoms with Crippen LogP contribution in [0.1, 0.15) is 18.5 Å². The highest BCUT2D eigenvalue weighted by Crippen LogP contribution is 2.16. The lowest BCUT2D eigenvalue weighted by atomic mass is 10.1. The Kier molecular flexibility index (Phi) is 4.85. The third kappa shape index (κ3) is 3.65. The molecule has 0 radical (unpaired) electrons. The molecule has 3 nitrogen and oxygen atoms in total. The Morgan fingerprint density at radius 3 is 2.35 bits per heavy atom. The highest BCUT2D eigenvalue weighted by molar-refractivity contribution is 5.95. The molecule has 0 heterocycles. The molecule has 20 heavy (non-hydrogen) atoms. The molecule has 0 unspecified atom stereocenters. The Bertz CT molecular complexity index is 554. The first-order chi connectivity index (χ1) is 9.70. The van der Waals surface area contributed by atoms with E-state index < -0.39 is 6.04 Å². The number of hydrogen-bond acceptors (Lipinski definition) is 2. The maximum absolute atomic E-state index is 12.8. The third-order valence-electron chi connectivity index (χ3n) is 2.92. The van der Waals surface area contributed by atoms with E-state index in [1.54, 1.807) is 12.1 Å². The van der Waals surface area contributed by atoms with Crippen molar-refractivity contribution < 1.29 is 9.18 Å². The zero-order chi connectivity index (χ0) is 14.4. The van der Waals surface area contributed by atoms with Crippen LogP contribution in [0.25, 0.3) is 0 Å². The van der Waals surface area contributed by atoms with Gasteiger partial charge in [-0.05, 0) is 36.4 Å². The summed E-state index contributed by atoms with van der Waals surface area (Å²) in [6.07, 6.45) is 0. The Balaban J connectivity index is 2.13. The number of rotatable bonds is 5. The monoisotopic (exact) mass is 272 g/mol. The molecule has 104 valence electrons. The van der Waals surface area contributed by atoms with Gasteiger partial charge in [0, 0.05) is 5.69 Å². The van der Waals surface area contributed by atoms with Crippen LogP contribution in [0.2, 0.25) is 0 Å². The van der Waals surface area contributed by atoms with Gasteiger partial charge < -0.3 is 10.6 Å². The molecule has 0 saturated carbocycles. The normalized spacial score (nSPS) is 11.9. The molecule has 0 aromatic heterocycles. The number of carbonyl (C=O) groups is 1. The van der Waals surface area contributed by atoms with Gasteiger partial charge in [-0.3, -0.25) is 4.79 Å². The molecule has 0 fully saturated rings. The summed E-state index contributed by atoms with van der Waals surface area (Å²) in [6, 6.07) is 14.8. The molecule has 2 aromatic carbocycles. The standard InChI is InChI=1S/C16H17FN2O/c1-2-18-15(12-6-4-3-5-7-12)16(20)19-14-10-8-13(17)9-11-14/h3-11,15,18H,2H2,1H3,(H,19,20)/t15-/m0/s1. The number of carbonyl (C=O) groups excluding carboxylic acids is 1. The maximum atomic E-state index is 12.8. The average molecular weight is 272 g/mol. The fourth-order valence-electron chi connectivity index (χ4n) is 1.96. The average Bonchev–Trinajstić information content (AvgIpc) is 2.48. The van der Waals surface area contributed by atoms with Crippen molar-refractivity contribution in [2.45, 2.75) is 13.0 Å². The van der Waals surface area contributed by atoms with Crippen molar-refractivity contribution in [1.82, 2.24) is 5.32 Å². The van der Waals surface area contributed by atoms with Gasteiger partial charge in [0.25, 0.3) is 0 Å². The number of amides is 1. The lowest BCUT2D eigenvalue weighted by Gasteiger charge is -2.18. The Labute approximate surface area is 117 Å². The van der Waals surface area contributed by atoms with Gasteiger partial charge in [0.05, 0.1) is 0 Å². The molecule has 0 aliphatic heterocycles. The first-order valence-corrected chi connectivity index (χ1v) is 6.55. The molecule has 0 spiro atoms. The zero-order valence-corrected chi connectivity index (χ0v) is 11.3. The van der Waals surface area contributed by atoms with Gasteiger partial charge in [0.2, 0.25) is 5.91 Å². The van der Waals surface area contributed by atoms with Gasteiger partial charge in [-0.25, -0.2) is 4.39 Å². The summed E-state index contributed by atoms with van der Waals surface area (Å²) in [4.78, 5) is 12.3. The molecular weight excluding hydrogens is 255 g/mol. The van der Waals surface area contributed by atoms with Crippen molar-refractivity contribution in [3.63, 3.8) is 0 Å². The number of likely N-dealkylation sites (N-methyl/N-ethyl adjacent to an activating group) is 1. The van der Waals surface area contributed by atoms with E-state index in [1.807, 2.05) is 37.3 Å². The van der Waals surface area contributed by atoms with Gasteiger partial charge in [-0.1, -0.05) is 37.3 Å². The van der Waals surface area contributed by atoms with Gasteiger partial charge in [-0.15, -0.1) is 0 Å². The fraction of sp³-hybridized carbons (Fsp3) is 0.188. The number of anilines is 1. The van der Waals surface area contributed by atoms with Crippen molar-refractivity contribution in [3.8, 4) is 0 Å². The first kappa shape index (κ1) is 14.2. The number of halogens is 1. The molecule has 2 N–H and O–H groups in total. The molecule has 2 rings (SSSR count). The highest BCUT2D eigenvalue weighted by Gasteiger charge is 2.19. The predicted molar refractivity (Wildman–Crippen MR) is 77.9 cm³/mol. The van der Waals surface area contributed by atoms with Gasteiger partial charge in [0.1, 0.15) is 11.9 Å². The van der Waals surface area contributed by atoms with E-state index in [0.717, 1.165) is 5.56 Å². The SMILES string of the molecule is CCN[C@H](C(=O)Nc1ccc(F)cc1)c1ccccc1. The molecule has 0 aliphatic rings.